The van der Waals surface area contributed by atoms with Crippen molar-refractivity contribution >= 4 is 6.29 Å². The molecule has 1 aromatic carbocycles. The molecule has 1 aromatic rings. The maximum atomic E-state index is 11.1. The van der Waals surface area contributed by atoms with E-state index in [1.165, 1.54) is 11.1 Å². The molecule has 1 heterocycles. The summed E-state index contributed by atoms with van der Waals surface area (Å²) in [6, 6.07) is 4.15. The molecule has 0 amide bonds. The van der Waals surface area contributed by atoms with Gasteiger partial charge in [-0.3, -0.25) is 9.69 Å². The number of rotatable bonds is 3. The van der Waals surface area contributed by atoms with Crippen molar-refractivity contribution in [2.75, 3.05) is 26.2 Å². The number of hydrogen-bond acceptors (Lipinski definition) is 3. The molecule has 17 heavy (non-hydrogen) atoms. The van der Waals surface area contributed by atoms with E-state index in [4.69, 9.17) is 0 Å². The molecule has 3 heteroatoms. The standard InChI is InChI=1S/C14H20N2O/c1-11-7-13(14(10-17)8-12(11)2)9-16-5-3-15-4-6-16/h7-8,10,15H,3-6,9H2,1-2H3. The van der Waals surface area contributed by atoms with Crippen LogP contribution in [0.2, 0.25) is 0 Å². The minimum absolute atomic E-state index is 0.839. The summed E-state index contributed by atoms with van der Waals surface area (Å²) in [5, 5.41) is 3.34. The van der Waals surface area contributed by atoms with Gasteiger partial charge in [0.15, 0.2) is 0 Å². The molecular formula is C14H20N2O. The Balaban J connectivity index is 2.18. The van der Waals surface area contributed by atoms with Gasteiger partial charge in [-0.05, 0) is 36.6 Å². The lowest BCUT2D eigenvalue weighted by molar-refractivity contribution is 0.112. The summed E-state index contributed by atoms with van der Waals surface area (Å²) in [7, 11) is 0. The molecule has 0 bridgehead atoms. The number of benzene rings is 1. The highest BCUT2D eigenvalue weighted by Crippen LogP contribution is 2.16. The zero-order chi connectivity index (χ0) is 12.3. The Morgan fingerprint density at radius 2 is 1.88 bits per heavy atom. The van der Waals surface area contributed by atoms with E-state index in [-0.39, 0.29) is 0 Å². The van der Waals surface area contributed by atoms with E-state index in [1.54, 1.807) is 0 Å². The van der Waals surface area contributed by atoms with Crippen molar-refractivity contribution in [1.82, 2.24) is 10.2 Å². The SMILES string of the molecule is Cc1cc(C=O)c(CN2CCNCC2)cc1C. The number of nitrogens with zero attached hydrogens (tertiary/aromatic N) is 1. The third-order valence-corrected chi connectivity index (χ3v) is 3.49. The maximum Gasteiger partial charge on any atom is 0.150 e. The van der Waals surface area contributed by atoms with Crippen molar-refractivity contribution in [3.8, 4) is 0 Å². The number of nitrogens with one attached hydrogen (secondary N) is 1. The van der Waals surface area contributed by atoms with Gasteiger partial charge in [0.05, 0.1) is 0 Å². The van der Waals surface area contributed by atoms with E-state index < -0.39 is 0 Å². The van der Waals surface area contributed by atoms with Gasteiger partial charge in [0.1, 0.15) is 6.29 Å². The van der Waals surface area contributed by atoms with Crippen LogP contribution in [0.5, 0.6) is 0 Å². The first-order valence-corrected chi connectivity index (χ1v) is 6.19. The highest BCUT2D eigenvalue weighted by molar-refractivity contribution is 5.78. The number of piperazine rings is 1. The molecule has 0 aliphatic carbocycles. The fraction of sp³-hybridized carbons (Fsp3) is 0.500. The number of aldehydes is 1. The molecular weight excluding hydrogens is 212 g/mol. The van der Waals surface area contributed by atoms with Crippen molar-refractivity contribution in [2.24, 2.45) is 0 Å². The molecule has 1 aliphatic rings. The monoisotopic (exact) mass is 232 g/mol. The first-order chi connectivity index (χ1) is 8.20. The van der Waals surface area contributed by atoms with Crippen LogP contribution in [0.3, 0.4) is 0 Å². The zero-order valence-corrected chi connectivity index (χ0v) is 10.6. The smallest absolute Gasteiger partial charge is 0.150 e. The Morgan fingerprint density at radius 1 is 1.24 bits per heavy atom. The van der Waals surface area contributed by atoms with Gasteiger partial charge in [-0.1, -0.05) is 6.07 Å². The third-order valence-electron chi connectivity index (χ3n) is 3.49. The minimum Gasteiger partial charge on any atom is -0.314 e. The predicted molar refractivity (Wildman–Crippen MR) is 69.5 cm³/mol. The zero-order valence-electron chi connectivity index (χ0n) is 10.6. The van der Waals surface area contributed by atoms with Crippen LogP contribution in [0.1, 0.15) is 27.0 Å². The quantitative estimate of drug-likeness (QED) is 0.802. The third kappa shape index (κ3) is 2.93. The first kappa shape index (κ1) is 12.3. The molecule has 0 saturated carbocycles. The summed E-state index contributed by atoms with van der Waals surface area (Å²) in [4.78, 5) is 13.5. The van der Waals surface area contributed by atoms with E-state index in [2.05, 4.69) is 30.1 Å². The van der Waals surface area contributed by atoms with Crippen molar-refractivity contribution in [3.63, 3.8) is 0 Å². The maximum absolute atomic E-state index is 11.1. The molecule has 0 spiro atoms. The summed E-state index contributed by atoms with van der Waals surface area (Å²) < 4.78 is 0. The number of aryl methyl sites for hydroxylation is 2. The Labute approximate surface area is 103 Å². The summed E-state index contributed by atoms with van der Waals surface area (Å²) in [6.07, 6.45) is 0.976. The van der Waals surface area contributed by atoms with Gasteiger partial charge in [0.25, 0.3) is 0 Å². The van der Waals surface area contributed by atoms with Crippen LogP contribution in [0.25, 0.3) is 0 Å². The van der Waals surface area contributed by atoms with Crippen LogP contribution >= 0.6 is 0 Å². The van der Waals surface area contributed by atoms with Gasteiger partial charge in [-0.2, -0.15) is 0 Å². The number of carbonyl (C=O) groups excluding carboxylic acids is 1. The molecule has 2 rings (SSSR count). The van der Waals surface area contributed by atoms with Crippen LogP contribution in [-0.4, -0.2) is 37.4 Å². The normalized spacial score (nSPS) is 17.1. The fourth-order valence-electron chi connectivity index (χ4n) is 2.26. The molecule has 92 valence electrons. The molecule has 3 nitrogen and oxygen atoms in total. The van der Waals surface area contributed by atoms with Crippen molar-refractivity contribution in [2.45, 2.75) is 20.4 Å². The van der Waals surface area contributed by atoms with Gasteiger partial charge in [-0.15, -0.1) is 0 Å². The van der Waals surface area contributed by atoms with Crippen molar-refractivity contribution < 1.29 is 4.79 Å². The number of hydrogen-bond donors (Lipinski definition) is 1. The van der Waals surface area contributed by atoms with E-state index in [0.29, 0.717) is 0 Å². The van der Waals surface area contributed by atoms with Gasteiger partial charge in [0, 0.05) is 38.3 Å². The van der Waals surface area contributed by atoms with Crippen molar-refractivity contribution in [1.29, 1.82) is 0 Å². The van der Waals surface area contributed by atoms with Crippen molar-refractivity contribution in [3.05, 3.63) is 34.4 Å². The summed E-state index contributed by atoms with van der Waals surface area (Å²) >= 11 is 0. The lowest BCUT2D eigenvalue weighted by Gasteiger charge is -2.27. The van der Waals surface area contributed by atoms with Gasteiger partial charge < -0.3 is 5.32 Å². The topological polar surface area (TPSA) is 32.3 Å². The molecule has 1 aliphatic heterocycles. The van der Waals surface area contributed by atoms with Gasteiger partial charge in [-0.25, -0.2) is 0 Å². The second-order valence-corrected chi connectivity index (χ2v) is 4.78. The van der Waals surface area contributed by atoms with E-state index >= 15 is 0 Å². The van der Waals surface area contributed by atoms with Crippen LogP contribution in [0, 0.1) is 13.8 Å². The predicted octanol–water partition coefficient (Wildman–Crippen LogP) is 1.52. The molecule has 0 aromatic heterocycles. The Hall–Kier alpha value is -1.19. The van der Waals surface area contributed by atoms with Gasteiger partial charge >= 0.3 is 0 Å². The lowest BCUT2D eigenvalue weighted by Crippen LogP contribution is -2.43. The average molecular weight is 232 g/mol. The molecule has 0 atom stereocenters. The largest absolute Gasteiger partial charge is 0.314 e. The molecule has 1 fully saturated rings. The second kappa shape index (κ2) is 5.43. The highest BCUT2D eigenvalue weighted by atomic mass is 16.1. The lowest BCUT2D eigenvalue weighted by atomic mass is 10.00. The summed E-state index contributed by atoms with van der Waals surface area (Å²) in [5.41, 5.74) is 4.45. The fourth-order valence-corrected chi connectivity index (χ4v) is 2.26. The highest BCUT2D eigenvalue weighted by Gasteiger charge is 2.12. The minimum atomic E-state index is 0.839. The Bertz CT molecular complexity index is 409. The van der Waals surface area contributed by atoms with Crippen LogP contribution in [0.15, 0.2) is 12.1 Å². The first-order valence-electron chi connectivity index (χ1n) is 6.19. The van der Waals surface area contributed by atoms with E-state index in [1.807, 2.05) is 6.07 Å². The second-order valence-electron chi connectivity index (χ2n) is 4.78. The van der Waals surface area contributed by atoms with E-state index in [0.717, 1.165) is 50.1 Å². The van der Waals surface area contributed by atoms with E-state index in [9.17, 15) is 4.79 Å². The molecule has 0 unspecified atom stereocenters. The van der Waals surface area contributed by atoms with Crippen LogP contribution in [0.4, 0.5) is 0 Å². The van der Waals surface area contributed by atoms with Crippen LogP contribution in [-0.2, 0) is 6.54 Å². The molecule has 0 radical (unpaired) electrons. The molecule has 1 N–H and O–H groups in total. The molecule has 1 saturated heterocycles. The average Bonchev–Trinajstić information content (AvgIpc) is 2.35. The summed E-state index contributed by atoms with van der Waals surface area (Å²) in [6.45, 7) is 9.25. The summed E-state index contributed by atoms with van der Waals surface area (Å²) in [5.74, 6) is 0. The Kier molecular flexibility index (Phi) is 3.92. The van der Waals surface area contributed by atoms with Gasteiger partial charge in [0.2, 0.25) is 0 Å². The number of carbonyl (C=O) groups is 1. The Morgan fingerprint density at radius 3 is 2.53 bits per heavy atom. The van der Waals surface area contributed by atoms with Crippen LogP contribution < -0.4 is 5.32 Å².